The molecule has 0 saturated carbocycles. The summed E-state index contributed by atoms with van der Waals surface area (Å²) >= 11 is 0. The van der Waals surface area contributed by atoms with Crippen molar-refractivity contribution in [2.24, 2.45) is 5.73 Å². The van der Waals surface area contributed by atoms with Gasteiger partial charge in [-0.1, -0.05) is 6.92 Å². The highest BCUT2D eigenvalue weighted by molar-refractivity contribution is 5.88. The Labute approximate surface area is 120 Å². The van der Waals surface area contributed by atoms with Crippen molar-refractivity contribution in [3.05, 3.63) is 0 Å². The average Bonchev–Trinajstić information content (AvgIpc) is 2.77. The number of hydrogen-bond donors (Lipinski definition) is 1. The second kappa shape index (κ2) is 7.10. The molecule has 0 bridgehead atoms. The molecule has 2 fully saturated rings. The minimum absolute atomic E-state index is 0. The van der Waals surface area contributed by atoms with Gasteiger partial charge in [0, 0.05) is 32.1 Å². The van der Waals surface area contributed by atoms with E-state index in [9.17, 15) is 9.59 Å². The van der Waals surface area contributed by atoms with Crippen LogP contribution in [-0.4, -0.2) is 53.3 Å². The Kier molecular flexibility index (Phi) is 6.07. The summed E-state index contributed by atoms with van der Waals surface area (Å²) in [6.07, 6.45) is 4.11. The van der Waals surface area contributed by atoms with Crippen LogP contribution in [0.2, 0.25) is 0 Å². The largest absolute Gasteiger partial charge is 0.339 e. The Balaban J connectivity index is 0.00000180. The minimum Gasteiger partial charge on any atom is -0.339 e. The van der Waals surface area contributed by atoms with Gasteiger partial charge >= 0.3 is 0 Å². The van der Waals surface area contributed by atoms with E-state index in [0.717, 1.165) is 32.4 Å². The van der Waals surface area contributed by atoms with Crippen LogP contribution in [0.25, 0.3) is 0 Å². The van der Waals surface area contributed by atoms with Gasteiger partial charge in [-0.15, -0.1) is 12.4 Å². The lowest BCUT2D eigenvalue weighted by Gasteiger charge is -2.36. The zero-order valence-corrected chi connectivity index (χ0v) is 12.3. The highest BCUT2D eigenvalue weighted by Crippen LogP contribution is 2.19. The van der Waals surface area contributed by atoms with Crippen LogP contribution >= 0.6 is 12.4 Å². The zero-order chi connectivity index (χ0) is 13.1. The maximum absolute atomic E-state index is 12.5. The number of halogens is 1. The van der Waals surface area contributed by atoms with Crippen molar-refractivity contribution in [3.63, 3.8) is 0 Å². The average molecular weight is 290 g/mol. The molecule has 2 unspecified atom stereocenters. The number of hydrogen-bond acceptors (Lipinski definition) is 3. The SMILES string of the molecule is CCC(C(=O)N1CCCC(N)C1)N1CCCC1=O.Cl. The van der Waals surface area contributed by atoms with Gasteiger partial charge in [-0.3, -0.25) is 9.59 Å². The number of amides is 2. The molecule has 2 atom stereocenters. The molecule has 2 rings (SSSR count). The quantitative estimate of drug-likeness (QED) is 0.834. The van der Waals surface area contributed by atoms with Crippen molar-refractivity contribution in [3.8, 4) is 0 Å². The number of rotatable bonds is 3. The van der Waals surface area contributed by atoms with Gasteiger partial charge in [0.2, 0.25) is 11.8 Å². The molecule has 6 heteroatoms. The molecule has 2 saturated heterocycles. The Morgan fingerprint density at radius 1 is 1.42 bits per heavy atom. The number of carbonyl (C=O) groups excluding carboxylic acids is 2. The molecule has 0 radical (unpaired) electrons. The first kappa shape index (κ1) is 16.2. The van der Waals surface area contributed by atoms with Crippen LogP contribution in [0.4, 0.5) is 0 Å². The van der Waals surface area contributed by atoms with Crippen molar-refractivity contribution in [1.29, 1.82) is 0 Å². The van der Waals surface area contributed by atoms with Gasteiger partial charge in [0.05, 0.1) is 0 Å². The fourth-order valence-electron chi connectivity index (χ4n) is 2.95. The van der Waals surface area contributed by atoms with Crippen LogP contribution in [-0.2, 0) is 9.59 Å². The highest BCUT2D eigenvalue weighted by atomic mass is 35.5. The van der Waals surface area contributed by atoms with E-state index in [1.54, 1.807) is 4.90 Å². The molecule has 2 N–H and O–H groups in total. The third-order valence-corrected chi connectivity index (χ3v) is 3.93. The van der Waals surface area contributed by atoms with Crippen LogP contribution in [0.1, 0.15) is 39.0 Å². The molecular weight excluding hydrogens is 266 g/mol. The topological polar surface area (TPSA) is 66.6 Å². The molecule has 5 nitrogen and oxygen atoms in total. The molecule has 0 spiro atoms. The number of nitrogens with zero attached hydrogens (tertiary/aromatic N) is 2. The van der Waals surface area contributed by atoms with E-state index in [0.29, 0.717) is 19.4 Å². The standard InChI is InChI=1S/C13H23N3O2.ClH/c1-2-11(16-8-4-6-12(16)17)13(18)15-7-3-5-10(14)9-15;/h10-11H,2-9,14H2,1H3;1H. The van der Waals surface area contributed by atoms with E-state index in [1.165, 1.54) is 0 Å². The fraction of sp³-hybridized carbons (Fsp3) is 0.846. The lowest BCUT2D eigenvalue weighted by atomic mass is 10.0. The summed E-state index contributed by atoms with van der Waals surface area (Å²) < 4.78 is 0. The molecule has 2 aliphatic heterocycles. The van der Waals surface area contributed by atoms with Gasteiger partial charge in [0.25, 0.3) is 0 Å². The Hall–Kier alpha value is -0.810. The Morgan fingerprint density at radius 2 is 2.16 bits per heavy atom. The molecule has 0 aromatic rings. The highest BCUT2D eigenvalue weighted by Gasteiger charge is 2.35. The van der Waals surface area contributed by atoms with Crippen molar-refractivity contribution in [1.82, 2.24) is 9.80 Å². The van der Waals surface area contributed by atoms with Crippen LogP contribution in [0, 0.1) is 0 Å². The first-order chi connectivity index (χ1) is 8.63. The second-order valence-corrected chi connectivity index (χ2v) is 5.30. The number of likely N-dealkylation sites (tertiary alicyclic amines) is 2. The predicted molar refractivity (Wildman–Crippen MR) is 76.1 cm³/mol. The van der Waals surface area contributed by atoms with E-state index in [-0.39, 0.29) is 36.3 Å². The van der Waals surface area contributed by atoms with Crippen molar-refractivity contribution >= 4 is 24.2 Å². The van der Waals surface area contributed by atoms with Gasteiger partial charge in [-0.25, -0.2) is 0 Å². The van der Waals surface area contributed by atoms with Gasteiger partial charge in [-0.05, 0) is 25.7 Å². The minimum atomic E-state index is -0.273. The lowest BCUT2D eigenvalue weighted by Crippen LogP contribution is -2.53. The van der Waals surface area contributed by atoms with Gasteiger partial charge in [0.1, 0.15) is 6.04 Å². The van der Waals surface area contributed by atoms with Crippen molar-refractivity contribution in [2.45, 2.75) is 51.1 Å². The number of nitrogens with two attached hydrogens (primary N) is 1. The molecule has 2 aliphatic rings. The summed E-state index contributed by atoms with van der Waals surface area (Å²) in [5, 5.41) is 0. The van der Waals surface area contributed by atoms with Gasteiger partial charge < -0.3 is 15.5 Å². The molecule has 110 valence electrons. The zero-order valence-electron chi connectivity index (χ0n) is 11.5. The number of carbonyl (C=O) groups is 2. The molecule has 2 heterocycles. The van der Waals surface area contributed by atoms with E-state index in [1.807, 2.05) is 11.8 Å². The van der Waals surface area contributed by atoms with Crippen LogP contribution in [0.3, 0.4) is 0 Å². The molecule has 2 amide bonds. The fourth-order valence-corrected chi connectivity index (χ4v) is 2.95. The maximum Gasteiger partial charge on any atom is 0.245 e. The van der Waals surface area contributed by atoms with E-state index in [2.05, 4.69) is 0 Å². The van der Waals surface area contributed by atoms with Crippen molar-refractivity contribution in [2.75, 3.05) is 19.6 Å². The molecule has 0 aromatic carbocycles. The van der Waals surface area contributed by atoms with Crippen LogP contribution in [0.5, 0.6) is 0 Å². The molecular formula is C13H24ClN3O2. The van der Waals surface area contributed by atoms with Crippen LogP contribution < -0.4 is 5.73 Å². The smallest absolute Gasteiger partial charge is 0.245 e. The number of piperidine rings is 1. The normalized spacial score (nSPS) is 25.2. The summed E-state index contributed by atoms with van der Waals surface area (Å²) in [6, 6.07) is -0.181. The van der Waals surface area contributed by atoms with Gasteiger partial charge in [0.15, 0.2) is 0 Å². The first-order valence-corrected chi connectivity index (χ1v) is 6.97. The van der Waals surface area contributed by atoms with E-state index >= 15 is 0 Å². The Bertz CT molecular complexity index is 338. The second-order valence-electron chi connectivity index (χ2n) is 5.30. The predicted octanol–water partition coefficient (Wildman–Crippen LogP) is 0.759. The monoisotopic (exact) mass is 289 g/mol. The summed E-state index contributed by atoms with van der Waals surface area (Å²) in [6.45, 7) is 4.11. The summed E-state index contributed by atoms with van der Waals surface area (Å²) in [7, 11) is 0. The van der Waals surface area contributed by atoms with E-state index in [4.69, 9.17) is 5.73 Å². The summed E-state index contributed by atoms with van der Waals surface area (Å²) in [5.74, 6) is 0.208. The lowest BCUT2D eigenvalue weighted by molar-refractivity contribution is -0.144. The third kappa shape index (κ3) is 3.60. The summed E-state index contributed by atoms with van der Waals surface area (Å²) in [4.78, 5) is 27.8. The summed E-state index contributed by atoms with van der Waals surface area (Å²) in [5.41, 5.74) is 5.91. The first-order valence-electron chi connectivity index (χ1n) is 6.97. The van der Waals surface area contributed by atoms with Crippen molar-refractivity contribution < 1.29 is 9.59 Å². The Morgan fingerprint density at radius 3 is 2.68 bits per heavy atom. The van der Waals surface area contributed by atoms with Crippen LogP contribution in [0.15, 0.2) is 0 Å². The molecule has 0 aromatic heterocycles. The third-order valence-electron chi connectivity index (χ3n) is 3.93. The van der Waals surface area contributed by atoms with E-state index < -0.39 is 0 Å². The molecule has 0 aliphatic carbocycles. The maximum atomic E-state index is 12.5. The molecule has 19 heavy (non-hydrogen) atoms. The van der Waals surface area contributed by atoms with Gasteiger partial charge in [-0.2, -0.15) is 0 Å².